The Morgan fingerprint density at radius 3 is 1.32 bits per heavy atom. The van der Waals surface area contributed by atoms with E-state index >= 15 is 0 Å². The van der Waals surface area contributed by atoms with Crippen LogP contribution in [0.2, 0.25) is 12.1 Å². The second kappa shape index (κ2) is 11.1. The van der Waals surface area contributed by atoms with Crippen LogP contribution in [0.5, 0.6) is 0 Å². The van der Waals surface area contributed by atoms with Gasteiger partial charge in [-0.15, -0.1) is 68.1 Å². The van der Waals surface area contributed by atoms with Gasteiger partial charge in [-0.3, -0.25) is 0 Å². The Morgan fingerprint density at radius 2 is 1.00 bits per heavy atom. The predicted octanol–water partition coefficient (Wildman–Crippen LogP) is 8.68. The van der Waals surface area contributed by atoms with Gasteiger partial charge < -0.3 is 0 Å². The zero-order valence-electron chi connectivity index (χ0n) is 20.2. The molecular weight excluding hydrogens is 555 g/mol. The van der Waals surface area contributed by atoms with Crippen molar-refractivity contribution in [2.45, 2.75) is 72.9 Å². The van der Waals surface area contributed by atoms with Crippen LogP contribution in [0, 0.1) is 41.5 Å². The zero-order chi connectivity index (χ0) is 22.5. The summed E-state index contributed by atoms with van der Waals surface area (Å²) in [5, 5.41) is 5.64. The number of rotatable bonds is 0. The Bertz CT molecular complexity index is 1020. The first-order valence-electron chi connectivity index (χ1n) is 11.6. The Morgan fingerprint density at radius 1 is 0.613 bits per heavy atom. The fourth-order valence-electron chi connectivity index (χ4n) is 4.45. The van der Waals surface area contributed by atoms with E-state index in [1.165, 1.54) is 61.3 Å². The summed E-state index contributed by atoms with van der Waals surface area (Å²) < 4.78 is 0. The van der Waals surface area contributed by atoms with Gasteiger partial charge in [0.05, 0.1) is 0 Å². The summed E-state index contributed by atoms with van der Waals surface area (Å²) in [5.41, 5.74) is 8.59. The van der Waals surface area contributed by atoms with Gasteiger partial charge in [-0.1, -0.05) is 51.0 Å². The molecule has 0 aliphatic carbocycles. The first-order chi connectivity index (χ1) is 14.8. The van der Waals surface area contributed by atoms with Gasteiger partial charge in [-0.2, -0.15) is 12.1 Å². The third-order valence-corrected chi connectivity index (χ3v) is 13.7. The molecule has 4 aromatic rings. The maximum absolute atomic E-state index is 2.26. The molecule has 31 heavy (non-hydrogen) atoms. The molecule has 0 atom stereocenters. The van der Waals surface area contributed by atoms with Gasteiger partial charge in [0, 0.05) is 0 Å². The molecule has 0 aromatic heterocycles. The summed E-state index contributed by atoms with van der Waals surface area (Å²) in [4.78, 5) is 0. The van der Waals surface area contributed by atoms with E-state index in [0.29, 0.717) is 5.49 Å². The van der Waals surface area contributed by atoms with Gasteiger partial charge in [0.2, 0.25) is 0 Å². The average Bonchev–Trinajstić information content (AvgIpc) is 3.34. The van der Waals surface area contributed by atoms with Crippen LogP contribution in [0.15, 0.2) is 48.5 Å². The van der Waals surface area contributed by atoms with Crippen LogP contribution in [0.25, 0.3) is 21.5 Å². The molecule has 0 nitrogen and oxygen atoms in total. The second-order valence-electron chi connectivity index (χ2n) is 9.28. The monoisotopic (exact) mass is 592 g/mol. The topological polar surface area (TPSA) is 0 Å². The van der Waals surface area contributed by atoms with Crippen molar-refractivity contribution >= 4 is 27.0 Å². The van der Waals surface area contributed by atoms with Crippen LogP contribution < -0.4 is 0 Å². The van der Waals surface area contributed by atoms with Crippen LogP contribution in [-0.2, 0) is 23.0 Å². The standard InChI is InChI=1S/2C12H13.C5H10Si.Hf/c2*1-8-6-11-9(2)4-5-10(3)12(11)7-8;1-2-4-6-5-3-1;/h2*4-7H,1-3H3;1-5H2;/q2*-1;;+2. The molecule has 0 amide bonds. The van der Waals surface area contributed by atoms with Gasteiger partial charge in [0.25, 0.3) is 0 Å². The van der Waals surface area contributed by atoms with Gasteiger partial charge >= 0.3 is 59.8 Å². The summed E-state index contributed by atoms with van der Waals surface area (Å²) in [6, 6.07) is 21.1. The first-order valence-corrected chi connectivity index (χ1v) is 18.9. The molecule has 0 saturated carbocycles. The van der Waals surface area contributed by atoms with E-state index in [4.69, 9.17) is 0 Å². The van der Waals surface area contributed by atoms with Crippen molar-refractivity contribution in [3.63, 3.8) is 0 Å². The average molecular weight is 591 g/mol. The van der Waals surface area contributed by atoms with E-state index in [9.17, 15) is 0 Å². The number of benzene rings is 2. The molecular formula is C29H36HfSi. The molecule has 0 bridgehead atoms. The summed E-state index contributed by atoms with van der Waals surface area (Å²) in [6.45, 7) is 13.0. The van der Waals surface area contributed by atoms with Crippen molar-refractivity contribution < 1.29 is 23.0 Å². The van der Waals surface area contributed by atoms with E-state index in [2.05, 4.69) is 90.1 Å². The Kier molecular flexibility index (Phi) is 8.70. The molecule has 5 rings (SSSR count). The van der Waals surface area contributed by atoms with Crippen molar-refractivity contribution in [3.05, 3.63) is 81.9 Å². The first kappa shape index (κ1) is 24.4. The Balaban J connectivity index is 0.000000137. The molecule has 0 radical (unpaired) electrons. The molecule has 1 aliphatic heterocycles. The van der Waals surface area contributed by atoms with Crippen LogP contribution >= 0.6 is 0 Å². The summed E-state index contributed by atoms with van der Waals surface area (Å²) in [5.74, 6) is 0. The van der Waals surface area contributed by atoms with E-state index in [0.717, 1.165) is 0 Å². The fraction of sp³-hybridized carbons (Fsp3) is 0.379. The van der Waals surface area contributed by atoms with Crippen LogP contribution in [0.4, 0.5) is 0 Å². The summed E-state index contributed by atoms with van der Waals surface area (Å²) in [6.07, 6.45) is 4.67. The Labute approximate surface area is 203 Å². The maximum atomic E-state index is 2.26. The van der Waals surface area contributed by atoms with Crippen molar-refractivity contribution in [1.29, 1.82) is 0 Å². The quantitative estimate of drug-likeness (QED) is 0.142. The van der Waals surface area contributed by atoms with Crippen molar-refractivity contribution in [2.24, 2.45) is 0 Å². The molecule has 1 heterocycles. The fourth-order valence-corrected chi connectivity index (χ4v) is 9.86. The Hall–Kier alpha value is -1.25. The van der Waals surface area contributed by atoms with E-state index < -0.39 is 0 Å². The molecule has 160 valence electrons. The van der Waals surface area contributed by atoms with Gasteiger partial charge in [0.15, 0.2) is 0 Å². The molecule has 1 fully saturated rings. The van der Waals surface area contributed by atoms with Crippen LogP contribution in [-0.4, -0.2) is 5.49 Å². The van der Waals surface area contributed by atoms with Crippen LogP contribution in [0.1, 0.15) is 52.6 Å². The minimum atomic E-state index is 0.346. The predicted molar refractivity (Wildman–Crippen MR) is 137 cm³/mol. The van der Waals surface area contributed by atoms with Crippen LogP contribution in [0.3, 0.4) is 0 Å². The van der Waals surface area contributed by atoms with E-state index in [1.54, 1.807) is 47.9 Å². The van der Waals surface area contributed by atoms with Gasteiger partial charge in [0.1, 0.15) is 0 Å². The van der Waals surface area contributed by atoms with E-state index in [1.807, 2.05) is 0 Å². The zero-order valence-corrected chi connectivity index (χ0v) is 24.7. The van der Waals surface area contributed by atoms with Crippen molar-refractivity contribution in [2.75, 3.05) is 0 Å². The molecule has 0 spiro atoms. The second-order valence-corrected chi connectivity index (χ2v) is 19.1. The van der Waals surface area contributed by atoms with E-state index in [-0.39, 0.29) is 0 Å². The summed E-state index contributed by atoms with van der Waals surface area (Å²) >= 11 is 1.55. The molecule has 0 unspecified atom stereocenters. The molecule has 2 heteroatoms. The third kappa shape index (κ3) is 6.39. The number of hydrogen-bond donors (Lipinski definition) is 0. The SMILES string of the molecule is Cc1cc2c(C)ccc(C)c2[cH-]1.Cc1cc2c(C)ccc(C)c2[cH-]1.[Hf+2]=[Si]1CCCCC1. The number of fused-ring (bicyclic) bond motifs is 2. The van der Waals surface area contributed by atoms with Crippen molar-refractivity contribution in [3.8, 4) is 0 Å². The number of aryl methyl sites for hydroxylation is 6. The number of hydrogen-bond acceptors (Lipinski definition) is 0. The third-order valence-electron chi connectivity index (χ3n) is 6.39. The summed E-state index contributed by atoms with van der Waals surface area (Å²) in [7, 11) is 0. The minimum absolute atomic E-state index is 0.346. The van der Waals surface area contributed by atoms with Crippen molar-refractivity contribution in [1.82, 2.24) is 0 Å². The normalized spacial score (nSPS) is 13.6. The molecule has 0 N–H and O–H groups in total. The molecule has 1 aliphatic rings. The van der Waals surface area contributed by atoms with Gasteiger partial charge in [-0.05, 0) is 13.8 Å². The molecule has 4 aromatic carbocycles. The molecule has 1 saturated heterocycles. The van der Waals surface area contributed by atoms with Gasteiger partial charge in [-0.25, -0.2) is 0 Å².